The Kier molecular flexibility index (Phi) is 4.74. The summed E-state index contributed by atoms with van der Waals surface area (Å²) in [6.45, 7) is 5.36. The van der Waals surface area contributed by atoms with Crippen LogP contribution >= 0.6 is 0 Å². The van der Waals surface area contributed by atoms with E-state index in [-0.39, 0.29) is 12.6 Å². The number of aliphatic carboxylic acids is 1. The van der Waals surface area contributed by atoms with Gasteiger partial charge in [-0.05, 0) is 18.3 Å². The third-order valence-electron chi connectivity index (χ3n) is 3.35. The molecule has 0 bridgehead atoms. The highest BCUT2D eigenvalue weighted by molar-refractivity contribution is 5.76. The fraction of sp³-hybridized carbons (Fsp3) is 0.818. The molecule has 0 aromatic rings. The third-order valence-corrected chi connectivity index (χ3v) is 3.35. The second-order valence-corrected chi connectivity index (χ2v) is 4.73. The molecule has 3 atom stereocenters. The molecular weight excluding hydrogens is 224 g/mol. The lowest BCUT2D eigenvalue weighted by atomic mass is 9.89. The lowest BCUT2D eigenvalue weighted by molar-refractivity contribution is -0.146. The van der Waals surface area contributed by atoms with Crippen molar-refractivity contribution < 1.29 is 19.8 Å². The average molecular weight is 244 g/mol. The van der Waals surface area contributed by atoms with E-state index in [9.17, 15) is 9.59 Å². The molecule has 0 spiro atoms. The second-order valence-electron chi connectivity index (χ2n) is 4.73. The Morgan fingerprint density at radius 3 is 2.59 bits per heavy atom. The van der Waals surface area contributed by atoms with Crippen LogP contribution in [-0.4, -0.2) is 52.9 Å². The van der Waals surface area contributed by atoms with Crippen molar-refractivity contribution in [1.82, 2.24) is 10.2 Å². The molecule has 1 aliphatic rings. The number of aliphatic hydroxyl groups is 1. The molecule has 0 aromatic carbocycles. The molecule has 3 unspecified atom stereocenters. The highest BCUT2D eigenvalue weighted by atomic mass is 16.4. The van der Waals surface area contributed by atoms with Gasteiger partial charge in [-0.3, -0.25) is 0 Å². The van der Waals surface area contributed by atoms with Crippen molar-refractivity contribution in [3.8, 4) is 0 Å². The number of urea groups is 1. The molecule has 1 rings (SSSR count). The Morgan fingerprint density at radius 1 is 1.41 bits per heavy atom. The molecule has 1 fully saturated rings. The van der Waals surface area contributed by atoms with Gasteiger partial charge in [0.25, 0.3) is 0 Å². The van der Waals surface area contributed by atoms with Gasteiger partial charge in [0.1, 0.15) is 0 Å². The van der Waals surface area contributed by atoms with Crippen molar-refractivity contribution in [3.05, 3.63) is 0 Å². The molecule has 0 aromatic heterocycles. The predicted octanol–water partition coefficient (Wildman–Crippen LogP) is 0.119. The normalized spacial score (nSPS) is 26.4. The van der Waals surface area contributed by atoms with Gasteiger partial charge >= 0.3 is 12.0 Å². The van der Waals surface area contributed by atoms with Crippen LogP contribution in [0.3, 0.4) is 0 Å². The van der Waals surface area contributed by atoms with E-state index in [1.165, 1.54) is 0 Å². The summed E-state index contributed by atoms with van der Waals surface area (Å²) in [6.07, 6.45) is -0.587. The first-order chi connectivity index (χ1) is 7.91. The van der Waals surface area contributed by atoms with Crippen LogP contribution in [0, 0.1) is 11.8 Å². The molecule has 6 heteroatoms. The van der Waals surface area contributed by atoms with Gasteiger partial charge in [0, 0.05) is 13.1 Å². The van der Waals surface area contributed by atoms with Crippen LogP contribution < -0.4 is 5.32 Å². The van der Waals surface area contributed by atoms with E-state index in [2.05, 4.69) is 19.2 Å². The number of likely N-dealkylation sites (tertiary alicyclic amines) is 1. The van der Waals surface area contributed by atoms with E-state index in [0.29, 0.717) is 24.9 Å². The van der Waals surface area contributed by atoms with Gasteiger partial charge in [0.2, 0.25) is 0 Å². The number of nitrogens with one attached hydrogen (secondary N) is 1. The number of hydrogen-bond donors (Lipinski definition) is 3. The number of amides is 2. The second kappa shape index (κ2) is 5.86. The molecule has 0 aliphatic carbocycles. The molecule has 0 saturated carbocycles. The fourth-order valence-electron chi connectivity index (χ4n) is 1.83. The Bertz CT molecular complexity index is 295. The van der Waals surface area contributed by atoms with E-state index >= 15 is 0 Å². The summed E-state index contributed by atoms with van der Waals surface area (Å²) in [5.74, 6) is -0.284. The maximum absolute atomic E-state index is 11.7. The number of hydrogen-bond acceptors (Lipinski definition) is 3. The Hall–Kier alpha value is -1.30. The molecule has 6 nitrogen and oxygen atoms in total. The van der Waals surface area contributed by atoms with Crippen molar-refractivity contribution in [3.63, 3.8) is 0 Å². The molecule has 3 N–H and O–H groups in total. The quantitative estimate of drug-likeness (QED) is 0.657. The number of carboxylic acid groups (broad SMARTS) is 1. The number of piperidine rings is 1. The van der Waals surface area contributed by atoms with Crippen LogP contribution in [0.1, 0.15) is 20.3 Å². The summed E-state index contributed by atoms with van der Waals surface area (Å²) in [7, 11) is 0. The van der Waals surface area contributed by atoms with E-state index in [1.807, 2.05) is 0 Å². The Labute approximate surface area is 101 Å². The third kappa shape index (κ3) is 3.89. The SMILES string of the molecule is CC1CCN(C(=O)NCC(O)C(=O)O)CC1C. The van der Waals surface area contributed by atoms with Crippen LogP contribution in [0.4, 0.5) is 4.79 Å². The minimum Gasteiger partial charge on any atom is -0.479 e. The van der Waals surface area contributed by atoms with Gasteiger partial charge in [0.05, 0.1) is 6.54 Å². The molecule has 17 heavy (non-hydrogen) atoms. The number of aliphatic hydroxyl groups excluding tert-OH is 1. The topological polar surface area (TPSA) is 89.9 Å². The van der Waals surface area contributed by atoms with Gasteiger partial charge in [-0.1, -0.05) is 13.8 Å². The minimum atomic E-state index is -1.54. The van der Waals surface area contributed by atoms with Gasteiger partial charge in [-0.15, -0.1) is 0 Å². The van der Waals surface area contributed by atoms with Crippen molar-refractivity contribution >= 4 is 12.0 Å². The van der Waals surface area contributed by atoms with Gasteiger partial charge in [-0.2, -0.15) is 0 Å². The number of nitrogens with zero attached hydrogens (tertiary/aromatic N) is 1. The summed E-state index contributed by atoms with van der Waals surface area (Å²) >= 11 is 0. The zero-order valence-corrected chi connectivity index (χ0v) is 10.2. The highest BCUT2D eigenvalue weighted by Gasteiger charge is 2.26. The van der Waals surface area contributed by atoms with E-state index < -0.39 is 12.1 Å². The van der Waals surface area contributed by atoms with Gasteiger partial charge in [0.15, 0.2) is 6.10 Å². The van der Waals surface area contributed by atoms with E-state index in [1.54, 1.807) is 4.90 Å². The molecule has 1 heterocycles. The first-order valence-corrected chi connectivity index (χ1v) is 5.85. The fourth-order valence-corrected chi connectivity index (χ4v) is 1.83. The summed E-state index contributed by atoms with van der Waals surface area (Å²) < 4.78 is 0. The summed E-state index contributed by atoms with van der Waals surface area (Å²) in [6, 6.07) is -0.302. The van der Waals surface area contributed by atoms with Gasteiger partial charge < -0.3 is 20.4 Å². The molecule has 1 aliphatic heterocycles. The van der Waals surface area contributed by atoms with Crippen molar-refractivity contribution in [2.75, 3.05) is 19.6 Å². The lowest BCUT2D eigenvalue weighted by Gasteiger charge is -2.35. The number of carboxylic acids is 1. The molecule has 98 valence electrons. The maximum Gasteiger partial charge on any atom is 0.334 e. The zero-order chi connectivity index (χ0) is 13.0. The summed E-state index contributed by atoms with van der Waals surface area (Å²) in [5, 5.41) is 19.9. The van der Waals surface area contributed by atoms with Crippen LogP contribution in [0.15, 0.2) is 0 Å². The smallest absolute Gasteiger partial charge is 0.334 e. The number of rotatable bonds is 3. The van der Waals surface area contributed by atoms with Crippen molar-refractivity contribution in [1.29, 1.82) is 0 Å². The van der Waals surface area contributed by atoms with Crippen molar-refractivity contribution in [2.24, 2.45) is 11.8 Å². The van der Waals surface area contributed by atoms with Crippen LogP contribution in [0.25, 0.3) is 0 Å². The van der Waals surface area contributed by atoms with Crippen LogP contribution in [-0.2, 0) is 4.79 Å². The zero-order valence-electron chi connectivity index (χ0n) is 10.2. The highest BCUT2D eigenvalue weighted by Crippen LogP contribution is 2.22. The number of carbonyl (C=O) groups is 2. The molecule has 0 radical (unpaired) electrons. The van der Waals surface area contributed by atoms with E-state index in [0.717, 1.165) is 6.42 Å². The standard InChI is InChI=1S/C11H20N2O4/c1-7-3-4-13(6-8(7)2)11(17)12-5-9(14)10(15)16/h7-9,14H,3-6H2,1-2H3,(H,12,17)(H,15,16). The van der Waals surface area contributed by atoms with Gasteiger partial charge in [-0.25, -0.2) is 9.59 Å². The predicted molar refractivity (Wildman–Crippen MR) is 61.6 cm³/mol. The number of carbonyl (C=O) groups excluding carboxylic acids is 1. The largest absolute Gasteiger partial charge is 0.479 e. The monoisotopic (exact) mass is 244 g/mol. The first kappa shape index (κ1) is 13.8. The van der Waals surface area contributed by atoms with E-state index in [4.69, 9.17) is 10.2 Å². The van der Waals surface area contributed by atoms with Crippen LogP contribution in [0.5, 0.6) is 0 Å². The molecule has 1 saturated heterocycles. The Morgan fingerprint density at radius 2 is 2.06 bits per heavy atom. The maximum atomic E-state index is 11.7. The van der Waals surface area contributed by atoms with Crippen molar-refractivity contribution in [2.45, 2.75) is 26.4 Å². The Balaban J connectivity index is 2.36. The summed E-state index contributed by atoms with van der Waals surface area (Å²) in [5.41, 5.74) is 0. The minimum absolute atomic E-state index is 0.255. The van der Waals surface area contributed by atoms with Crippen LogP contribution in [0.2, 0.25) is 0 Å². The lowest BCUT2D eigenvalue weighted by Crippen LogP contribution is -2.49. The first-order valence-electron chi connectivity index (χ1n) is 5.85. The molecular formula is C11H20N2O4. The summed E-state index contributed by atoms with van der Waals surface area (Å²) in [4.78, 5) is 23.7. The average Bonchev–Trinajstić information content (AvgIpc) is 2.28. The molecule has 2 amide bonds.